The first kappa shape index (κ1) is 22.9. The van der Waals surface area contributed by atoms with Gasteiger partial charge < -0.3 is 20.0 Å². The number of hydrogen-bond donors (Lipinski definition) is 1. The van der Waals surface area contributed by atoms with E-state index in [1.54, 1.807) is 19.0 Å². The van der Waals surface area contributed by atoms with E-state index in [9.17, 15) is 4.79 Å². The molecule has 1 aromatic heterocycles. The molecule has 0 unspecified atom stereocenters. The molecule has 1 aliphatic heterocycles. The van der Waals surface area contributed by atoms with E-state index in [0.29, 0.717) is 12.1 Å². The van der Waals surface area contributed by atoms with Crippen molar-refractivity contribution in [1.82, 2.24) is 20.1 Å². The lowest BCUT2D eigenvalue weighted by Crippen LogP contribution is -2.52. The molecular formula is C21H29IN6O. The number of nitrogens with zero attached hydrogens (tertiary/aromatic N) is 5. The van der Waals surface area contributed by atoms with E-state index in [4.69, 9.17) is 0 Å². The average molecular weight is 508 g/mol. The van der Waals surface area contributed by atoms with Gasteiger partial charge in [0.15, 0.2) is 5.96 Å². The number of nitrogens with one attached hydrogen (secondary N) is 1. The first-order valence-corrected chi connectivity index (χ1v) is 9.50. The summed E-state index contributed by atoms with van der Waals surface area (Å²) < 4.78 is 0. The topological polar surface area (TPSA) is 64.1 Å². The second-order valence-electron chi connectivity index (χ2n) is 6.96. The van der Waals surface area contributed by atoms with Crippen LogP contribution in [-0.4, -0.2) is 74.0 Å². The van der Waals surface area contributed by atoms with E-state index in [0.717, 1.165) is 43.5 Å². The molecule has 2 aromatic rings. The Morgan fingerprint density at radius 3 is 2.34 bits per heavy atom. The number of guanidine groups is 1. The monoisotopic (exact) mass is 508 g/mol. The van der Waals surface area contributed by atoms with Crippen molar-refractivity contribution in [2.24, 2.45) is 4.99 Å². The maximum Gasteiger partial charge on any atom is 0.253 e. The third kappa shape index (κ3) is 6.06. The Kier molecular flexibility index (Phi) is 8.69. The molecule has 1 amide bonds. The van der Waals surface area contributed by atoms with Crippen molar-refractivity contribution in [2.45, 2.75) is 6.54 Å². The second kappa shape index (κ2) is 11.0. The first-order valence-electron chi connectivity index (χ1n) is 9.50. The van der Waals surface area contributed by atoms with Crippen LogP contribution < -0.4 is 10.2 Å². The van der Waals surface area contributed by atoms with Crippen LogP contribution in [0.2, 0.25) is 0 Å². The smallest absolute Gasteiger partial charge is 0.253 e. The molecule has 0 radical (unpaired) electrons. The molecule has 7 nitrogen and oxygen atoms in total. The minimum absolute atomic E-state index is 0. The van der Waals surface area contributed by atoms with Gasteiger partial charge in [-0.1, -0.05) is 18.2 Å². The Bertz CT molecular complexity index is 802. The van der Waals surface area contributed by atoms with Crippen LogP contribution in [0, 0.1) is 0 Å². The zero-order chi connectivity index (χ0) is 19.9. The zero-order valence-electron chi connectivity index (χ0n) is 17.2. The van der Waals surface area contributed by atoms with Crippen LogP contribution in [0.15, 0.2) is 53.7 Å². The summed E-state index contributed by atoms with van der Waals surface area (Å²) in [5, 5.41) is 3.43. The summed E-state index contributed by atoms with van der Waals surface area (Å²) in [5.74, 6) is 1.94. The van der Waals surface area contributed by atoms with Gasteiger partial charge in [-0.3, -0.25) is 9.79 Å². The van der Waals surface area contributed by atoms with E-state index in [2.05, 4.69) is 25.1 Å². The lowest BCUT2D eigenvalue weighted by molar-refractivity contribution is 0.0827. The fourth-order valence-corrected chi connectivity index (χ4v) is 3.22. The summed E-state index contributed by atoms with van der Waals surface area (Å²) in [7, 11) is 5.33. The number of pyridine rings is 1. The molecule has 8 heteroatoms. The number of anilines is 1. The molecular weight excluding hydrogens is 479 g/mol. The fraction of sp³-hybridized carbons (Fsp3) is 0.381. The minimum atomic E-state index is 0. The second-order valence-corrected chi connectivity index (χ2v) is 6.96. The molecule has 1 saturated heterocycles. The van der Waals surface area contributed by atoms with Crippen LogP contribution in [0.4, 0.5) is 5.82 Å². The summed E-state index contributed by atoms with van der Waals surface area (Å²) in [6.45, 7) is 4.29. The fourth-order valence-electron chi connectivity index (χ4n) is 3.22. The zero-order valence-corrected chi connectivity index (χ0v) is 19.5. The summed E-state index contributed by atoms with van der Waals surface area (Å²) in [4.78, 5) is 27.0. The highest BCUT2D eigenvalue weighted by molar-refractivity contribution is 14.0. The first-order chi connectivity index (χ1) is 13.6. The third-order valence-electron chi connectivity index (χ3n) is 4.82. The Balaban J connectivity index is 0.00000300. The van der Waals surface area contributed by atoms with Gasteiger partial charge in [0.25, 0.3) is 5.91 Å². The van der Waals surface area contributed by atoms with Gasteiger partial charge in [0.2, 0.25) is 0 Å². The van der Waals surface area contributed by atoms with E-state index in [-0.39, 0.29) is 29.9 Å². The number of halogens is 1. The number of piperazine rings is 1. The number of aliphatic imine (C=N–C) groups is 1. The van der Waals surface area contributed by atoms with Crippen molar-refractivity contribution in [3.05, 3.63) is 59.8 Å². The summed E-state index contributed by atoms with van der Waals surface area (Å²) >= 11 is 0. The molecule has 0 atom stereocenters. The van der Waals surface area contributed by atoms with Gasteiger partial charge in [0, 0.05) is 65.6 Å². The summed E-state index contributed by atoms with van der Waals surface area (Å²) in [6.07, 6.45) is 1.83. The predicted octanol–water partition coefficient (Wildman–Crippen LogP) is 2.30. The lowest BCUT2D eigenvalue weighted by atomic mass is 10.1. The van der Waals surface area contributed by atoms with Gasteiger partial charge in [-0.25, -0.2) is 4.98 Å². The number of rotatable bonds is 4. The van der Waals surface area contributed by atoms with Crippen molar-refractivity contribution >= 4 is 41.7 Å². The molecule has 1 fully saturated rings. The molecule has 0 spiro atoms. The maximum absolute atomic E-state index is 12.0. The van der Waals surface area contributed by atoms with Crippen LogP contribution in [0.5, 0.6) is 0 Å². The highest BCUT2D eigenvalue weighted by atomic mass is 127. The molecule has 156 valence electrons. The number of carbonyl (C=O) groups excluding carboxylic acids is 1. The molecule has 0 bridgehead atoms. The van der Waals surface area contributed by atoms with Gasteiger partial charge in [-0.05, 0) is 29.8 Å². The average Bonchev–Trinajstić information content (AvgIpc) is 2.75. The quantitative estimate of drug-likeness (QED) is 0.390. The van der Waals surface area contributed by atoms with Gasteiger partial charge in [0.05, 0.1) is 0 Å². The number of carbonyl (C=O) groups is 1. The Morgan fingerprint density at radius 2 is 1.79 bits per heavy atom. The molecule has 1 aliphatic rings. The Hall–Kier alpha value is -2.36. The Labute approximate surface area is 189 Å². The molecule has 0 aliphatic carbocycles. The van der Waals surface area contributed by atoms with Crippen molar-refractivity contribution < 1.29 is 4.79 Å². The molecule has 0 saturated carbocycles. The lowest BCUT2D eigenvalue weighted by Gasteiger charge is -2.37. The van der Waals surface area contributed by atoms with Gasteiger partial charge in [-0.15, -0.1) is 24.0 Å². The number of amides is 1. The maximum atomic E-state index is 12.0. The van der Waals surface area contributed by atoms with E-state index >= 15 is 0 Å². The van der Waals surface area contributed by atoms with Crippen LogP contribution in [0.1, 0.15) is 15.9 Å². The largest absolute Gasteiger partial charge is 0.353 e. The van der Waals surface area contributed by atoms with Crippen molar-refractivity contribution in [3.8, 4) is 0 Å². The third-order valence-corrected chi connectivity index (χ3v) is 4.82. The standard InChI is InChI=1S/C21H28N6O.HI/c1-22-21(24-16-17-7-9-18(10-8-17)20(28)25(2)3)27-14-12-26(13-15-27)19-6-4-5-11-23-19;/h4-11H,12-16H2,1-3H3,(H,22,24);1H. The highest BCUT2D eigenvalue weighted by Crippen LogP contribution is 2.13. The van der Waals surface area contributed by atoms with Crippen LogP contribution in [-0.2, 0) is 6.54 Å². The number of benzene rings is 1. The highest BCUT2D eigenvalue weighted by Gasteiger charge is 2.20. The van der Waals surface area contributed by atoms with E-state index in [1.807, 2.05) is 55.7 Å². The van der Waals surface area contributed by atoms with Gasteiger partial charge in [0.1, 0.15) is 5.82 Å². The van der Waals surface area contributed by atoms with Crippen LogP contribution in [0.25, 0.3) is 0 Å². The van der Waals surface area contributed by atoms with Gasteiger partial charge in [-0.2, -0.15) is 0 Å². The molecule has 3 rings (SSSR count). The SMILES string of the molecule is CN=C(NCc1ccc(C(=O)N(C)C)cc1)N1CCN(c2ccccn2)CC1.I. The van der Waals surface area contributed by atoms with Crippen molar-refractivity contribution in [3.63, 3.8) is 0 Å². The van der Waals surface area contributed by atoms with Gasteiger partial charge >= 0.3 is 0 Å². The molecule has 1 N–H and O–H groups in total. The van der Waals surface area contributed by atoms with Crippen molar-refractivity contribution in [2.75, 3.05) is 52.2 Å². The number of aromatic nitrogens is 1. The summed E-state index contributed by atoms with van der Waals surface area (Å²) in [5.41, 5.74) is 1.81. The molecule has 1 aromatic carbocycles. The normalized spacial score (nSPS) is 14.2. The van der Waals surface area contributed by atoms with Crippen molar-refractivity contribution in [1.29, 1.82) is 0 Å². The number of hydrogen-bond acceptors (Lipinski definition) is 4. The molecule has 29 heavy (non-hydrogen) atoms. The predicted molar refractivity (Wildman–Crippen MR) is 128 cm³/mol. The van der Waals surface area contributed by atoms with Crippen LogP contribution >= 0.6 is 24.0 Å². The van der Waals surface area contributed by atoms with Crippen LogP contribution in [0.3, 0.4) is 0 Å². The van der Waals surface area contributed by atoms with E-state index < -0.39 is 0 Å². The van der Waals surface area contributed by atoms with E-state index in [1.165, 1.54) is 0 Å². The minimum Gasteiger partial charge on any atom is -0.353 e. The Morgan fingerprint density at radius 1 is 1.10 bits per heavy atom. The molecule has 2 heterocycles. The summed E-state index contributed by atoms with van der Waals surface area (Å²) in [6, 6.07) is 13.7.